The lowest BCUT2D eigenvalue weighted by molar-refractivity contribution is 0.103. The zero-order valence-electron chi connectivity index (χ0n) is 13.3. The molecule has 1 aliphatic rings. The molecule has 2 aromatic heterocycles. The summed E-state index contributed by atoms with van der Waals surface area (Å²) >= 11 is 0. The number of hydrogen-bond acceptors (Lipinski definition) is 5. The Kier molecular flexibility index (Phi) is 4.25. The summed E-state index contributed by atoms with van der Waals surface area (Å²) in [5.41, 5.74) is 8.41. The maximum Gasteiger partial charge on any atom is 0.215 e. The molecule has 2 aromatic rings. The van der Waals surface area contributed by atoms with Crippen LogP contribution in [0, 0.1) is 0 Å². The van der Waals surface area contributed by atoms with E-state index in [4.69, 9.17) is 5.73 Å². The second-order valence-corrected chi connectivity index (χ2v) is 5.87. The fraction of sp³-hybridized carbons (Fsp3) is 0.353. The van der Waals surface area contributed by atoms with Crippen LogP contribution in [-0.2, 0) is 0 Å². The summed E-state index contributed by atoms with van der Waals surface area (Å²) in [6.07, 6.45) is 1.51. The maximum absolute atomic E-state index is 12.6. The summed E-state index contributed by atoms with van der Waals surface area (Å²) in [5.74, 6) is 0.516. The number of rotatable bonds is 3. The summed E-state index contributed by atoms with van der Waals surface area (Å²) in [4.78, 5) is 23.3. The summed E-state index contributed by atoms with van der Waals surface area (Å²) in [6, 6.07) is 9.35. The minimum absolute atomic E-state index is 0.0198. The van der Waals surface area contributed by atoms with E-state index < -0.39 is 0 Å². The molecule has 0 spiro atoms. The summed E-state index contributed by atoms with van der Waals surface area (Å²) in [6.45, 7) is 6.07. The van der Waals surface area contributed by atoms with Gasteiger partial charge in [-0.25, -0.2) is 9.97 Å². The Balaban J connectivity index is 1.94. The molecule has 2 atom stereocenters. The van der Waals surface area contributed by atoms with Crippen LogP contribution < -0.4 is 16.0 Å². The molecular formula is C17H20N5O. The molecule has 6 nitrogen and oxygen atoms in total. The van der Waals surface area contributed by atoms with Crippen LogP contribution in [-0.4, -0.2) is 40.9 Å². The molecule has 0 aliphatic carbocycles. The van der Waals surface area contributed by atoms with Gasteiger partial charge in [-0.3, -0.25) is 10.5 Å². The van der Waals surface area contributed by atoms with E-state index in [9.17, 15) is 4.79 Å². The van der Waals surface area contributed by atoms with Gasteiger partial charge in [0.05, 0.1) is 5.56 Å². The first-order chi connectivity index (χ1) is 11.1. The molecule has 0 saturated carbocycles. The smallest absolute Gasteiger partial charge is 0.215 e. The Labute approximate surface area is 135 Å². The lowest BCUT2D eigenvalue weighted by Crippen LogP contribution is -2.55. The number of carbonyl (C=O) groups is 1. The maximum atomic E-state index is 12.6. The van der Waals surface area contributed by atoms with Gasteiger partial charge in [0.1, 0.15) is 11.5 Å². The largest absolute Gasteiger partial charge is 0.349 e. The summed E-state index contributed by atoms with van der Waals surface area (Å²) in [5, 5.41) is 3.39. The van der Waals surface area contributed by atoms with Crippen LogP contribution in [0.4, 0.5) is 11.6 Å². The van der Waals surface area contributed by atoms with Crippen molar-refractivity contribution in [2.24, 2.45) is 0 Å². The van der Waals surface area contributed by atoms with Crippen molar-refractivity contribution in [1.82, 2.24) is 21.0 Å². The fourth-order valence-electron chi connectivity index (χ4n) is 3.00. The lowest BCUT2D eigenvalue weighted by atomic mass is 10.1. The minimum atomic E-state index is -0.264. The van der Waals surface area contributed by atoms with E-state index >= 15 is 0 Å². The van der Waals surface area contributed by atoms with Gasteiger partial charge in [0, 0.05) is 31.4 Å². The molecule has 1 saturated heterocycles. The van der Waals surface area contributed by atoms with E-state index in [2.05, 4.69) is 34.0 Å². The quantitative estimate of drug-likeness (QED) is 0.874. The Morgan fingerprint density at radius 3 is 2.65 bits per heavy atom. The predicted molar refractivity (Wildman–Crippen MR) is 88.9 cm³/mol. The molecule has 0 unspecified atom stereocenters. The molecule has 119 valence electrons. The fourth-order valence-corrected chi connectivity index (χ4v) is 3.00. The first-order valence-corrected chi connectivity index (χ1v) is 7.75. The number of hydrogen-bond donors (Lipinski definition) is 1. The van der Waals surface area contributed by atoms with E-state index in [1.165, 1.54) is 6.20 Å². The Morgan fingerprint density at radius 2 is 1.96 bits per heavy atom. The zero-order chi connectivity index (χ0) is 16.4. The van der Waals surface area contributed by atoms with Crippen LogP contribution in [0.2, 0.25) is 0 Å². The topological polar surface area (TPSA) is 81.9 Å². The molecule has 3 heterocycles. The molecule has 1 aliphatic heterocycles. The third-order valence-corrected chi connectivity index (χ3v) is 4.11. The standard InChI is InChI=1S/C17H20N5O/c1-11-9-19-10-12(2)22(11)15-7-3-6-14(21-15)16(23)13-5-4-8-20-17(13)18/h3-8,11-12,18-19H,9-10H2,1-2H3/t11-,12+. The number of piperazine rings is 1. The number of pyridine rings is 2. The number of anilines is 1. The molecular weight excluding hydrogens is 290 g/mol. The number of aromatic nitrogens is 2. The van der Waals surface area contributed by atoms with Crippen LogP contribution in [0.1, 0.15) is 29.9 Å². The first kappa shape index (κ1) is 15.4. The molecule has 3 rings (SSSR count). The summed E-state index contributed by atoms with van der Waals surface area (Å²) in [7, 11) is 0. The van der Waals surface area contributed by atoms with Gasteiger partial charge in [-0.1, -0.05) is 6.07 Å². The number of carbonyl (C=O) groups excluding carboxylic acids is 1. The molecule has 2 N–H and O–H groups in total. The molecule has 1 fully saturated rings. The van der Waals surface area contributed by atoms with Crippen molar-refractivity contribution in [3.8, 4) is 0 Å². The van der Waals surface area contributed by atoms with E-state index in [1.807, 2.05) is 12.1 Å². The van der Waals surface area contributed by atoms with Crippen LogP contribution in [0.25, 0.3) is 0 Å². The van der Waals surface area contributed by atoms with Gasteiger partial charge in [0.2, 0.25) is 5.78 Å². The van der Waals surface area contributed by atoms with E-state index in [0.29, 0.717) is 17.8 Å². The van der Waals surface area contributed by atoms with Crippen molar-refractivity contribution in [1.29, 1.82) is 0 Å². The average molecular weight is 310 g/mol. The van der Waals surface area contributed by atoms with Crippen LogP contribution >= 0.6 is 0 Å². The third-order valence-electron chi connectivity index (χ3n) is 4.11. The Hall–Kier alpha value is -2.47. The Bertz CT molecular complexity index is 708. The zero-order valence-corrected chi connectivity index (χ0v) is 13.3. The molecule has 0 amide bonds. The van der Waals surface area contributed by atoms with E-state index in [0.717, 1.165) is 18.9 Å². The monoisotopic (exact) mass is 310 g/mol. The SMILES string of the molecule is C[C@@H]1CNC[C@H](C)N1c1cccc(C(=O)c2cccnc2[NH])n1. The minimum Gasteiger partial charge on any atom is -0.349 e. The number of nitrogens with zero attached hydrogens (tertiary/aromatic N) is 3. The number of ketones is 1. The molecule has 0 aromatic carbocycles. The van der Waals surface area contributed by atoms with Crippen LogP contribution in [0.5, 0.6) is 0 Å². The lowest BCUT2D eigenvalue weighted by Gasteiger charge is -2.40. The highest BCUT2D eigenvalue weighted by Gasteiger charge is 2.26. The van der Waals surface area contributed by atoms with Crippen molar-refractivity contribution in [3.63, 3.8) is 0 Å². The van der Waals surface area contributed by atoms with Crippen molar-refractivity contribution < 1.29 is 4.79 Å². The van der Waals surface area contributed by atoms with Gasteiger partial charge >= 0.3 is 0 Å². The number of nitrogens with one attached hydrogen (secondary N) is 2. The van der Waals surface area contributed by atoms with Gasteiger partial charge in [-0.2, -0.15) is 0 Å². The highest BCUT2D eigenvalue weighted by molar-refractivity contribution is 6.10. The van der Waals surface area contributed by atoms with Crippen molar-refractivity contribution >= 4 is 17.4 Å². The van der Waals surface area contributed by atoms with Gasteiger partial charge in [-0.15, -0.1) is 0 Å². The highest BCUT2D eigenvalue weighted by Crippen LogP contribution is 2.22. The van der Waals surface area contributed by atoms with Crippen LogP contribution in [0.15, 0.2) is 36.5 Å². The highest BCUT2D eigenvalue weighted by atomic mass is 16.1. The van der Waals surface area contributed by atoms with Crippen molar-refractivity contribution in [3.05, 3.63) is 47.8 Å². The van der Waals surface area contributed by atoms with Crippen LogP contribution in [0.3, 0.4) is 0 Å². The van der Waals surface area contributed by atoms with Gasteiger partial charge in [-0.05, 0) is 38.1 Å². The van der Waals surface area contributed by atoms with Gasteiger partial charge in [0.25, 0.3) is 0 Å². The van der Waals surface area contributed by atoms with Crippen molar-refractivity contribution in [2.75, 3.05) is 18.0 Å². The second-order valence-electron chi connectivity index (χ2n) is 5.87. The average Bonchev–Trinajstić information content (AvgIpc) is 2.55. The Morgan fingerprint density at radius 1 is 1.22 bits per heavy atom. The van der Waals surface area contributed by atoms with Gasteiger partial charge < -0.3 is 10.2 Å². The third kappa shape index (κ3) is 3.03. The molecule has 23 heavy (non-hydrogen) atoms. The predicted octanol–water partition coefficient (Wildman–Crippen LogP) is 1.81. The normalized spacial score (nSPS) is 21.2. The molecule has 0 bridgehead atoms. The van der Waals surface area contributed by atoms with E-state index in [1.54, 1.807) is 18.2 Å². The molecule has 1 radical (unpaired) electrons. The summed E-state index contributed by atoms with van der Waals surface area (Å²) < 4.78 is 0. The molecule has 6 heteroatoms. The van der Waals surface area contributed by atoms with E-state index in [-0.39, 0.29) is 17.2 Å². The van der Waals surface area contributed by atoms with Gasteiger partial charge in [0.15, 0.2) is 5.82 Å². The second kappa shape index (κ2) is 6.34. The first-order valence-electron chi connectivity index (χ1n) is 7.75. The van der Waals surface area contributed by atoms with Crippen molar-refractivity contribution in [2.45, 2.75) is 25.9 Å².